The smallest absolute Gasteiger partial charge is 0.267 e. The number of nitrogens with two attached hydrogens (primary N) is 1. The fraction of sp³-hybridized carbons (Fsp3) is 0.667. The topological polar surface area (TPSA) is 77.7 Å². The molecule has 24 heavy (non-hydrogen) atoms. The quantitative estimate of drug-likeness (QED) is 0.851. The molecule has 2 aliphatic rings. The van der Waals surface area contributed by atoms with E-state index in [0.29, 0.717) is 17.5 Å². The van der Waals surface area contributed by atoms with Gasteiger partial charge in [0.05, 0.1) is 6.61 Å². The van der Waals surface area contributed by atoms with Crippen molar-refractivity contribution in [1.29, 1.82) is 0 Å². The van der Waals surface area contributed by atoms with Crippen LogP contribution in [-0.4, -0.2) is 56.3 Å². The second kappa shape index (κ2) is 7.17. The maximum Gasteiger partial charge on any atom is 0.267 e. The van der Waals surface area contributed by atoms with Gasteiger partial charge in [0.15, 0.2) is 0 Å². The van der Waals surface area contributed by atoms with Crippen LogP contribution in [0, 0.1) is 11.8 Å². The molecule has 3 rings (SSSR count). The number of amides is 1. The molecule has 0 aromatic carbocycles. The average molecular weight is 333 g/mol. The van der Waals surface area contributed by atoms with Crippen molar-refractivity contribution >= 4 is 5.91 Å². The Hall–Kier alpha value is -1.50. The SMILES string of the molecule is COCCN1CC2CCCC(C1)C2(OC)c1ccnc(C(N)=O)c1. The molecule has 1 amide bonds. The first kappa shape index (κ1) is 17.3. The molecule has 1 aliphatic heterocycles. The van der Waals surface area contributed by atoms with E-state index in [1.54, 1.807) is 20.4 Å². The third-order valence-electron chi connectivity index (χ3n) is 5.69. The number of aromatic nitrogens is 1. The molecule has 2 fully saturated rings. The normalized spacial score (nSPS) is 30.2. The summed E-state index contributed by atoms with van der Waals surface area (Å²) in [5.41, 5.74) is 6.42. The molecule has 6 heteroatoms. The minimum Gasteiger partial charge on any atom is -0.383 e. The van der Waals surface area contributed by atoms with E-state index in [2.05, 4.69) is 9.88 Å². The summed E-state index contributed by atoms with van der Waals surface area (Å²) >= 11 is 0. The summed E-state index contributed by atoms with van der Waals surface area (Å²) in [5.74, 6) is 0.302. The molecule has 1 saturated heterocycles. The maximum absolute atomic E-state index is 11.5. The van der Waals surface area contributed by atoms with Crippen LogP contribution >= 0.6 is 0 Å². The number of likely N-dealkylation sites (tertiary alicyclic amines) is 1. The number of hydrogen-bond acceptors (Lipinski definition) is 5. The Morgan fingerprint density at radius 3 is 2.67 bits per heavy atom. The molecule has 2 atom stereocenters. The van der Waals surface area contributed by atoms with E-state index < -0.39 is 5.91 Å². The van der Waals surface area contributed by atoms with Gasteiger partial charge in [-0.25, -0.2) is 0 Å². The number of carbonyl (C=O) groups is 1. The average Bonchev–Trinajstić information content (AvgIpc) is 2.59. The fourth-order valence-corrected chi connectivity index (χ4v) is 4.66. The van der Waals surface area contributed by atoms with Gasteiger partial charge in [0.2, 0.25) is 0 Å². The third kappa shape index (κ3) is 2.94. The number of methoxy groups -OCH3 is 2. The zero-order chi connectivity index (χ0) is 17.2. The van der Waals surface area contributed by atoms with Crippen LogP contribution in [0.4, 0.5) is 0 Å². The van der Waals surface area contributed by atoms with Crippen LogP contribution in [0.3, 0.4) is 0 Å². The largest absolute Gasteiger partial charge is 0.383 e. The molecule has 1 saturated carbocycles. The van der Waals surface area contributed by atoms with Crippen LogP contribution in [0.2, 0.25) is 0 Å². The van der Waals surface area contributed by atoms with Crippen LogP contribution < -0.4 is 5.73 Å². The molecular formula is C18H27N3O3. The summed E-state index contributed by atoms with van der Waals surface area (Å²) in [6, 6.07) is 3.80. The molecule has 2 bridgehead atoms. The fourth-order valence-electron chi connectivity index (χ4n) is 4.66. The van der Waals surface area contributed by atoms with E-state index in [1.165, 1.54) is 6.42 Å². The van der Waals surface area contributed by atoms with Gasteiger partial charge in [-0.15, -0.1) is 0 Å². The molecule has 6 nitrogen and oxygen atoms in total. The molecule has 2 heterocycles. The molecule has 1 aromatic heterocycles. The van der Waals surface area contributed by atoms with Crippen molar-refractivity contribution in [1.82, 2.24) is 9.88 Å². The van der Waals surface area contributed by atoms with Crippen molar-refractivity contribution in [2.45, 2.75) is 24.9 Å². The number of hydrogen-bond donors (Lipinski definition) is 1. The molecule has 0 spiro atoms. The zero-order valence-electron chi connectivity index (χ0n) is 14.5. The van der Waals surface area contributed by atoms with E-state index in [-0.39, 0.29) is 5.60 Å². The maximum atomic E-state index is 11.5. The Balaban J connectivity index is 1.94. The van der Waals surface area contributed by atoms with Crippen LogP contribution in [0.25, 0.3) is 0 Å². The Labute approximate surface area is 143 Å². The number of rotatable bonds is 6. The molecule has 2 unspecified atom stereocenters. The number of primary amides is 1. The second-order valence-electron chi connectivity index (χ2n) is 6.87. The number of ether oxygens (including phenoxy) is 2. The molecule has 1 aromatic rings. The van der Waals surface area contributed by atoms with E-state index in [1.807, 2.05) is 12.1 Å². The van der Waals surface area contributed by atoms with Gasteiger partial charge in [-0.3, -0.25) is 9.78 Å². The monoisotopic (exact) mass is 333 g/mol. The molecule has 132 valence electrons. The molecule has 2 N–H and O–H groups in total. The number of carbonyl (C=O) groups excluding carboxylic acids is 1. The van der Waals surface area contributed by atoms with E-state index in [4.69, 9.17) is 15.2 Å². The van der Waals surface area contributed by atoms with Crippen molar-refractivity contribution < 1.29 is 14.3 Å². The molecule has 0 radical (unpaired) electrons. The van der Waals surface area contributed by atoms with Crippen LogP contribution in [0.1, 0.15) is 35.3 Å². The highest BCUT2D eigenvalue weighted by Gasteiger charge is 2.53. The number of fused-ring (bicyclic) bond motifs is 2. The summed E-state index contributed by atoms with van der Waals surface area (Å²) in [6.45, 7) is 3.68. The predicted molar refractivity (Wildman–Crippen MR) is 90.6 cm³/mol. The second-order valence-corrected chi connectivity index (χ2v) is 6.87. The lowest BCUT2D eigenvalue weighted by Crippen LogP contribution is -2.59. The van der Waals surface area contributed by atoms with Crippen molar-refractivity contribution in [2.75, 3.05) is 40.5 Å². The number of pyridine rings is 1. The first-order chi connectivity index (χ1) is 11.6. The van der Waals surface area contributed by atoms with Gasteiger partial charge in [0.25, 0.3) is 5.91 Å². The number of piperidine rings is 1. The zero-order valence-corrected chi connectivity index (χ0v) is 14.5. The third-order valence-corrected chi connectivity index (χ3v) is 5.69. The Kier molecular flexibility index (Phi) is 5.18. The van der Waals surface area contributed by atoms with Crippen LogP contribution in [0.5, 0.6) is 0 Å². The lowest BCUT2D eigenvalue weighted by molar-refractivity contribution is -0.170. The molecule has 1 aliphatic carbocycles. The Morgan fingerprint density at radius 1 is 1.38 bits per heavy atom. The van der Waals surface area contributed by atoms with Gasteiger partial charge >= 0.3 is 0 Å². The van der Waals surface area contributed by atoms with Crippen molar-refractivity contribution in [2.24, 2.45) is 17.6 Å². The van der Waals surface area contributed by atoms with E-state index in [0.717, 1.165) is 44.6 Å². The highest BCUT2D eigenvalue weighted by atomic mass is 16.5. The lowest BCUT2D eigenvalue weighted by atomic mass is 9.62. The van der Waals surface area contributed by atoms with Crippen molar-refractivity contribution in [3.05, 3.63) is 29.6 Å². The summed E-state index contributed by atoms with van der Waals surface area (Å²) < 4.78 is 11.4. The highest BCUT2D eigenvalue weighted by Crippen LogP contribution is 2.51. The van der Waals surface area contributed by atoms with Crippen molar-refractivity contribution in [3.8, 4) is 0 Å². The van der Waals surface area contributed by atoms with E-state index >= 15 is 0 Å². The first-order valence-corrected chi connectivity index (χ1v) is 8.64. The summed E-state index contributed by atoms with van der Waals surface area (Å²) in [4.78, 5) is 18.1. The Morgan fingerprint density at radius 2 is 2.08 bits per heavy atom. The minimum atomic E-state index is -0.495. The van der Waals surface area contributed by atoms with Gasteiger partial charge in [-0.1, -0.05) is 6.42 Å². The lowest BCUT2D eigenvalue weighted by Gasteiger charge is -2.55. The summed E-state index contributed by atoms with van der Waals surface area (Å²) in [5, 5.41) is 0. The first-order valence-electron chi connectivity index (χ1n) is 8.64. The minimum absolute atomic E-state index is 0.309. The van der Waals surface area contributed by atoms with Crippen molar-refractivity contribution in [3.63, 3.8) is 0 Å². The summed E-state index contributed by atoms with van der Waals surface area (Å²) in [7, 11) is 3.53. The standard InChI is InChI=1S/C18H27N3O3/c1-23-9-8-21-11-14-4-3-5-15(12-21)18(14,24-2)13-6-7-20-16(10-13)17(19)22/h6-7,10,14-15H,3-5,8-9,11-12H2,1-2H3,(H2,19,22). The highest BCUT2D eigenvalue weighted by molar-refractivity contribution is 5.90. The van der Waals surface area contributed by atoms with Crippen LogP contribution in [0.15, 0.2) is 18.3 Å². The van der Waals surface area contributed by atoms with Gasteiger partial charge < -0.3 is 20.1 Å². The van der Waals surface area contributed by atoms with Gasteiger partial charge in [0.1, 0.15) is 11.3 Å². The predicted octanol–water partition coefficient (Wildman–Crippen LogP) is 1.40. The van der Waals surface area contributed by atoms with Crippen LogP contribution in [-0.2, 0) is 15.1 Å². The van der Waals surface area contributed by atoms with E-state index in [9.17, 15) is 4.79 Å². The number of nitrogens with zero attached hydrogens (tertiary/aromatic N) is 2. The van der Waals surface area contributed by atoms with Gasteiger partial charge in [0, 0.05) is 51.9 Å². The van der Waals surface area contributed by atoms with Gasteiger partial charge in [-0.05, 0) is 30.5 Å². The van der Waals surface area contributed by atoms with Gasteiger partial charge in [-0.2, -0.15) is 0 Å². The molecular weight excluding hydrogens is 306 g/mol. The summed E-state index contributed by atoms with van der Waals surface area (Å²) in [6.07, 6.45) is 5.15. The Bertz CT molecular complexity index is 579.